The molecule has 1 N–H and O–H groups in total. The zero-order valence-corrected chi connectivity index (χ0v) is 20.6. The van der Waals surface area contributed by atoms with Crippen LogP contribution >= 0.6 is 15.9 Å². The zero-order valence-electron chi connectivity index (χ0n) is 18.2. The summed E-state index contributed by atoms with van der Waals surface area (Å²) in [6, 6.07) is 9.27. The molecule has 2 heterocycles. The molecule has 10 heteroatoms. The Hall–Kier alpha value is -3.24. The van der Waals surface area contributed by atoms with Crippen LogP contribution in [0.2, 0.25) is 0 Å². The minimum absolute atomic E-state index is 0.0208. The third-order valence-corrected chi connectivity index (χ3v) is 6.56. The maximum Gasteiger partial charge on any atom is 0.341 e. The van der Waals surface area contributed by atoms with E-state index in [1.165, 1.54) is 12.7 Å². The Morgan fingerprint density at radius 3 is 2.73 bits per heavy atom. The predicted octanol–water partition coefficient (Wildman–Crippen LogP) is 3.55. The van der Waals surface area contributed by atoms with Crippen LogP contribution in [0.25, 0.3) is 10.9 Å². The number of phenolic OH excluding ortho intramolecular Hbond substituents is 1. The van der Waals surface area contributed by atoms with Crippen LogP contribution in [0.1, 0.15) is 39.7 Å². The third kappa shape index (κ3) is 4.11. The topological polar surface area (TPSA) is 99.2 Å². The fourth-order valence-electron chi connectivity index (χ4n) is 3.94. The quantitative estimate of drug-likeness (QED) is 0.233. The van der Waals surface area contributed by atoms with Crippen molar-refractivity contribution in [3.8, 4) is 5.75 Å². The Morgan fingerprint density at radius 1 is 1.30 bits per heavy atom. The van der Waals surface area contributed by atoms with Gasteiger partial charge in [-0.25, -0.2) is 18.7 Å². The van der Waals surface area contributed by atoms with Crippen LogP contribution in [0, 0.1) is 6.92 Å². The summed E-state index contributed by atoms with van der Waals surface area (Å²) in [7, 11) is 1.79. The minimum atomic E-state index is -0.570. The highest BCUT2D eigenvalue weighted by atomic mass is 79.9. The van der Waals surface area contributed by atoms with E-state index in [1.54, 1.807) is 29.3 Å². The summed E-state index contributed by atoms with van der Waals surface area (Å²) in [6.45, 7) is 4.00. The van der Waals surface area contributed by atoms with Crippen LogP contribution in [0.4, 0.5) is 0 Å². The first-order chi connectivity index (χ1) is 15.9. The van der Waals surface area contributed by atoms with Gasteiger partial charge in [0, 0.05) is 18.0 Å². The highest BCUT2D eigenvalue weighted by Gasteiger charge is 2.30. The van der Waals surface area contributed by atoms with Crippen molar-refractivity contribution in [2.75, 3.05) is 6.61 Å². The lowest BCUT2D eigenvalue weighted by Crippen LogP contribution is -2.16. The average molecular weight is 529 g/mol. The Balaban J connectivity index is 2.11. The van der Waals surface area contributed by atoms with Gasteiger partial charge in [0.2, 0.25) is 0 Å². The number of hydrogen-bond donors (Lipinski definition) is 1. The van der Waals surface area contributed by atoms with Crippen LogP contribution in [-0.2, 0) is 29.6 Å². The third-order valence-electron chi connectivity index (χ3n) is 5.36. The number of ether oxygens (including phenoxy) is 1. The number of aromatic hydroxyl groups is 1. The van der Waals surface area contributed by atoms with Gasteiger partial charge in [0.1, 0.15) is 18.4 Å². The molecule has 8 nitrogen and oxygen atoms in total. The van der Waals surface area contributed by atoms with Gasteiger partial charge in [-0.2, -0.15) is 5.10 Å². The molecule has 0 aliphatic rings. The molecule has 0 bridgehead atoms. The van der Waals surface area contributed by atoms with E-state index in [0.29, 0.717) is 48.3 Å². The fourth-order valence-corrected chi connectivity index (χ4v) is 4.93. The molecule has 0 amide bonds. The molecule has 0 spiro atoms. The van der Waals surface area contributed by atoms with Crippen molar-refractivity contribution in [3.05, 3.63) is 75.4 Å². The van der Waals surface area contributed by atoms with E-state index in [1.807, 2.05) is 31.2 Å². The number of esters is 1. The number of rotatable bonds is 6. The SMILES string of the molecule is CCOC(=O)c1c(C(=S=O)c2cccc(C)c2)n(C)c2cc(Br)c(O)c(Cn3cncn3)c12. The second-order valence-electron chi connectivity index (χ2n) is 7.46. The van der Waals surface area contributed by atoms with E-state index >= 15 is 0 Å². The minimum Gasteiger partial charge on any atom is -0.506 e. The number of fused-ring (bicyclic) bond motifs is 1. The number of aryl methyl sites for hydroxylation is 2. The molecule has 170 valence electrons. The summed E-state index contributed by atoms with van der Waals surface area (Å²) in [5.74, 6) is -0.591. The van der Waals surface area contributed by atoms with Gasteiger partial charge >= 0.3 is 5.97 Å². The molecule has 4 aromatic rings. The molecule has 0 radical (unpaired) electrons. The van der Waals surface area contributed by atoms with Crippen LogP contribution < -0.4 is 0 Å². The van der Waals surface area contributed by atoms with Gasteiger partial charge in [0.15, 0.2) is 0 Å². The summed E-state index contributed by atoms with van der Waals surface area (Å²) in [5.41, 5.74) is 3.48. The first kappa shape index (κ1) is 22.9. The molecule has 2 aromatic heterocycles. The number of phenols is 1. The Kier molecular flexibility index (Phi) is 6.48. The van der Waals surface area contributed by atoms with Crippen LogP contribution in [-0.4, -0.2) is 46.1 Å². The lowest BCUT2D eigenvalue weighted by Gasteiger charge is -2.11. The normalized spacial score (nSPS) is 11.0. The van der Waals surface area contributed by atoms with Gasteiger partial charge in [-0.3, -0.25) is 0 Å². The number of aromatic nitrogens is 4. The van der Waals surface area contributed by atoms with Crippen molar-refractivity contribution in [2.45, 2.75) is 20.4 Å². The number of hydrogen-bond acceptors (Lipinski definition) is 6. The van der Waals surface area contributed by atoms with E-state index in [-0.39, 0.29) is 24.5 Å². The molecule has 0 unspecified atom stereocenters. The van der Waals surface area contributed by atoms with Gasteiger partial charge in [0.25, 0.3) is 0 Å². The van der Waals surface area contributed by atoms with E-state index in [0.717, 1.165) is 5.56 Å². The number of halogens is 1. The van der Waals surface area contributed by atoms with Gasteiger partial charge in [-0.15, -0.1) is 0 Å². The number of nitrogens with zero attached hydrogens (tertiary/aromatic N) is 4. The lowest BCUT2D eigenvalue weighted by atomic mass is 10.00. The molecule has 0 fully saturated rings. The van der Waals surface area contributed by atoms with Crippen LogP contribution in [0.3, 0.4) is 0 Å². The van der Waals surface area contributed by atoms with Crippen molar-refractivity contribution in [3.63, 3.8) is 0 Å². The van der Waals surface area contributed by atoms with E-state index in [9.17, 15) is 14.1 Å². The first-order valence-corrected chi connectivity index (χ1v) is 11.7. The molecule has 4 rings (SSSR count). The zero-order chi connectivity index (χ0) is 23.7. The standard InChI is InChI=1S/C23H21BrN4O4S/c1-4-32-23(30)19-18-15(10-28-12-25-11-26-28)21(29)16(24)9-17(18)27(3)20(19)22(33-31)14-7-5-6-13(2)8-14/h5-9,11-12,29H,4,10H2,1-3H3. The Labute approximate surface area is 202 Å². The lowest BCUT2D eigenvalue weighted by molar-refractivity contribution is 0.0528. The predicted molar refractivity (Wildman–Crippen MR) is 130 cm³/mol. The van der Waals surface area contributed by atoms with Crippen LogP contribution in [0.15, 0.2) is 47.5 Å². The van der Waals surface area contributed by atoms with Gasteiger partial charge in [-0.1, -0.05) is 29.8 Å². The highest BCUT2D eigenvalue weighted by molar-refractivity contribution is 9.10. The highest BCUT2D eigenvalue weighted by Crippen LogP contribution is 2.40. The second kappa shape index (κ2) is 9.32. The summed E-state index contributed by atoms with van der Waals surface area (Å²) >= 11 is 3.74. The van der Waals surface area contributed by atoms with E-state index < -0.39 is 5.97 Å². The van der Waals surface area contributed by atoms with Crippen molar-refractivity contribution in [1.29, 1.82) is 0 Å². The number of carbonyl (C=O) groups excluding carboxylic acids is 1. The summed E-state index contributed by atoms with van der Waals surface area (Å²) in [5, 5.41) is 15.6. The maximum atomic E-state index is 13.3. The monoisotopic (exact) mass is 528 g/mol. The second-order valence-corrected chi connectivity index (χ2v) is 8.89. The fraction of sp³-hybridized carbons (Fsp3) is 0.217. The molecule has 0 aliphatic heterocycles. The smallest absolute Gasteiger partial charge is 0.341 e. The number of benzene rings is 2. The maximum absolute atomic E-state index is 13.3. The first-order valence-electron chi connectivity index (χ1n) is 10.1. The Bertz CT molecular complexity index is 1420. The molecular formula is C23H21BrN4O4S. The van der Waals surface area contributed by atoms with Gasteiger partial charge in [-0.05, 0) is 41.4 Å². The summed E-state index contributed by atoms with van der Waals surface area (Å²) < 4.78 is 21.6. The Morgan fingerprint density at radius 2 is 2.09 bits per heavy atom. The van der Waals surface area contributed by atoms with Crippen molar-refractivity contribution in [2.24, 2.45) is 7.05 Å². The molecular weight excluding hydrogens is 508 g/mol. The molecule has 2 aromatic carbocycles. The van der Waals surface area contributed by atoms with Crippen LogP contribution in [0.5, 0.6) is 5.75 Å². The molecule has 0 atom stereocenters. The average Bonchev–Trinajstić information content (AvgIpc) is 3.39. The molecule has 0 saturated carbocycles. The van der Waals surface area contributed by atoms with Gasteiger partial charge in [0.05, 0.1) is 50.5 Å². The molecule has 33 heavy (non-hydrogen) atoms. The van der Waals surface area contributed by atoms with Gasteiger partial charge < -0.3 is 14.4 Å². The molecule has 0 saturated heterocycles. The van der Waals surface area contributed by atoms with Crippen molar-refractivity contribution >= 4 is 48.9 Å². The largest absolute Gasteiger partial charge is 0.506 e. The van der Waals surface area contributed by atoms with Crippen molar-refractivity contribution < 1.29 is 18.8 Å². The molecule has 0 aliphatic carbocycles. The van der Waals surface area contributed by atoms with Crippen molar-refractivity contribution in [1.82, 2.24) is 19.3 Å². The van der Waals surface area contributed by atoms with E-state index in [2.05, 4.69) is 26.0 Å². The summed E-state index contributed by atoms with van der Waals surface area (Å²) in [4.78, 5) is 17.6. The summed E-state index contributed by atoms with van der Waals surface area (Å²) in [6.07, 6.45) is 2.92. The van der Waals surface area contributed by atoms with E-state index in [4.69, 9.17) is 4.74 Å². The number of carbonyl (C=O) groups is 1.